The number of nitrogens with zero attached hydrogens (tertiary/aromatic N) is 1. The summed E-state index contributed by atoms with van der Waals surface area (Å²) in [6, 6.07) is 12.4. The van der Waals surface area contributed by atoms with Gasteiger partial charge >= 0.3 is 13.3 Å². The minimum Gasteiger partial charge on any atom is -0.464 e. The van der Waals surface area contributed by atoms with Crippen molar-refractivity contribution >= 4 is 35.3 Å². The Balaban J connectivity index is 1.85. The third kappa shape index (κ3) is 4.53. The molecule has 1 unspecified atom stereocenters. The van der Waals surface area contributed by atoms with E-state index in [0.29, 0.717) is 18.3 Å². The first-order valence-electron chi connectivity index (χ1n) is 8.72. The molecule has 138 valence electrons. The number of esters is 1. The molecular formula is C19H22ClNO4P+. The van der Waals surface area contributed by atoms with Gasteiger partial charge in [0.2, 0.25) is 11.2 Å². The van der Waals surface area contributed by atoms with Gasteiger partial charge in [0.1, 0.15) is 4.83 Å². The molecule has 26 heavy (non-hydrogen) atoms. The van der Waals surface area contributed by atoms with Crippen LogP contribution in [0.5, 0.6) is 5.75 Å². The standard InChI is InChI=1S/C19H22ClNO4P/c1-13(2)18(19(22)24-12-14-10-11-14)21(26(20)23)25-17-9-5-7-15-6-3-4-8-16(15)17/h3-9,13-14,18H,10-12H2,1-2H3/q+1/t18-/m0/s1. The quantitative estimate of drug-likeness (QED) is 0.345. The monoisotopic (exact) mass is 394 g/mol. The zero-order valence-electron chi connectivity index (χ0n) is 14.8. The van der Waals surface area contributed by atoms with Crippen molar-refractivity contribution in [2.24, 2.45) is 11.8 Å². The fourth-order valence-electron chi connectivity index (χ4n) is 2.75. The van der Waals surface area contributed by atoms with Gasteiger partial charge in [-0.15, -0.1) is 0 Å². The van der Waals surface area contributed by atoms with E-state index < -0.39 is 19.3 Å². The summed E-state index contributed by atoms with van der Waals surface area (Å²) >= 11 is 5.91. The summed E-state index contributed by atoms with van der Waals surface area (Å²) in [6.07, 6.45) is 2.17. The van der Waals surface area contributed by atoms with Crippen LogP contribution < -0.4 is 4.84 Å². The second-order valence-corrected chi connectivity index (χ2v) is 8.57. The van der Waals surface area contributed by atoms with Crippen molar-refractivity contribution in [2.45, 2.75) is 32.7 Å². The normalized spacial score (nSPS) is 16.0. The van der Waals surface area contributed by atoms with Crippen LogP contribution in [0.2, 0.25) is 0 Å². The highest BCUT2D eigenvalue weighted by Crippen LogP contribution is 2.39. The Labute approximate surface area is 158 Å². The SMILES string of the molecule is CC(C)[C@@H](C(=O)OCC1CC1)N(Oc1cccc2ccccc12)[P+](=O)Cl. The molecule has 0 saturated heterocycles. The minimum absolute atomic E-state index is 0.186. The number of halogens is 1. The van der Waals surface area contributed by atoms with Crippen molar-refractivity contribution in [1.29, 1.82) is 0 Å². The van der Waals surface area contributed by atoms with E-state index >= 15 is 0 Å². The highest BCUT2D eigenvalue weighted by Gasteiger charge is 2.45. The fourth-order valence-corrected chi connectivity index (χ4v) is 3.83. The van der Waals surface area contributed by atoms with Gasteiger partial charge in [-0.05, 0) is 40.7 Å². The lowest BCUT2D eigenvalue weighted by molar-refractivity contribution is -0.158. The molecule has 3 rings (SSSR count). The molecule has 0 aromatic heterocycles. The maximum atomic E-state index is 12.6. The molecule has 7 heteroatoms. The van der Waals surface area contributed by atoms with Gasteiger partial charge in [0, 0.05) is 5.39 Å². The van der Waals surface area contributed by atoms with Crippen molar-refractivity contribution in [3.63, 3.8) is 0 Å². The minimum atomic E-state index is -2.43. The Hall–Kier alpha value is -1.68. The molecule has 2 aromatic rings. The maximum absolute atomic E-state index is 12.6. The zero-order chi connectivity index (χ0) is 18.7. The molecule has 0 bridgehead atoms. The van der Waals surface area contributed by atoms with Crippen LogP contribution >= 0.6 is 18.5 Å². The van der Waals surface area contributed by atoms with E-state index in [0.717, 1.165) is 28.4 Å². The number of benzene rings is 2. The van der Waals surface area contributed by atoms with Crippen molar-refractivity contribution < 1.29 is 18.9 Å². The highest BCUT2D eigenvalue weighted by molar-refractivity contribution is 7.71. The number of rotatable bonds is 8. The number of hydrogen-bond acceptors (Lipinski definition) is 4. The lowest BCUT2D eigenvalue weighted by Gasteiger charge is -2.23. The number of hydrogen-bond donors (Lipinski definition) is 0. The van der Waals surface area contributed by atoms with E-state index in [1.54, 1.807) is 6.07 Å². The average Bonchev–Trinajstić information content (AvgIpc) is 3.43. The van der Waals surface area contributed by atoms with Gasteiger partial charge < -0.3 is 9.57 Å². The molecule has 0 radical (unpaired) electrons. The van der Waals surface area contributed by atoms with Gasteiger partial charge in [-0.2, -0.15) is 0 Å². The number of fused-ring (bicyclic) bond motifs is 1. The van der Waals surface area contributed by atoms with Crippen LogP contribution in [-0.4, -0.2) is 23.5 Å². The molecule has 5 nitrogen and oxygen atoms in total. The van der Waals surface area contributed by atoms with Crippen molar-refractivity contribution in [3.8, 4) is 5.75 Å². The van der Waals surface area contributed by atoms with Crippen molar-refractivity contribution in [1.82, 2.24) is 4.83 Å². The first kappa shape index (κ1) is 19.1. The summed E-state index contributed by atoms with van der Waals surface area (Å²) in [4.78, 5) is 19.5. The van der Waals surface area contributed by atoms with Crippen LogP contribution in [0.4, 0.5) is 0 Å². The molecule has 1 saturated carbocycles. The largest absolute Gasteiger partial charge is 0.593 e. The molecular weight excluding hydrogens is 373 g/mol. The van der Waals surface area contributed by atoms with E-state index in [2.05, 4.69) is 0 Å². The molecule has 0 N–H and O–H groups in total. The lowest BCUT2D eigenvalue weighted by atomic mass is 10.1. The lowest BCUT2D eigenvalue weighted by Crippen LogP contribution is -2.43. The summed E-state index contributed by atoms with van der Waals surface area (Å²) in [6.45, 7) is 4.08. The van der Waals surface area contributed by atoms with E-state index in [1.807, 2.05) is 50.2 Å². The van der Waals surface area contributed by atoms with Gasteiger partial charge in [-0.1, -0.05) is 50.2 Å². The molecule has 1 aliphatic carbocycles. The van der Waals surface area contributed by atoms with Gasteiger partial charge in [-0.3, -0.25) is 4.79 Å². The summed E-state index contributed by atoms with van der Waals surface area (Å²) in [5.41, 5.74) is 0. The van der Waals surface area contributed by atoms with E-state index in [9.17, 15) is 9.36 Å². The van der Waals surface area contributed by atoms with E-state index in [4.69, 9.17) is 20.8 Å². The Kier molecular flexibility index (Phi) is 6.13. The summed E-state index contributed by atoms with van der Waals surface area (Å²) < 4.78 is 17.6. The van der Waals surface area contributed by atoms with Crippen LogP contribution in [0.1, 0.15) is 26.7 Å². The summed E-state index contributed by atoms with van der Waals surface area (Å²) in [5.74, 6) is 0.294. The maximum Gasteiger partial charge on any atom is 0.593 e. The predicted octanol–water partition coefficient (Wildman–Crippen LogP) is 5.31. The predicted molar refractivity (Wildman–Crippen MR) is 102 cm³/mol. The van der Waals surface area contributed by atoms with Crippen LogP contribution in [-0.2, 0) is 14.1 Å². The third-order valence-electron chi connectivity index (χ3n) is 4.37. The number of carbonyl (C=O) groups excluding carboxylic acids is 1. The van der Waals surface area contributed by atoms with E-state index in [1.165, 1.54) is 0 Å². The molecule has 0 spiro atoms. The molecule has 0 heterocycles. The van der Waals surface area contributed by atoms with Crippen LogP contribution in [0.15, 0.2) is 42.5 Å². The molecule has 0 amide bonds. The average molecular weight is 395 g/mol. The van der Waals surface area contributed by atoms with Crippen molar-refractivity contribution in [2.75, 3.05) is 6.61 Å². The smallest absolute Gasteiger partial charge is 0.464 e. The number of hydroxylamine groups is 1. The third-order valence-corrected chi connectivity index (χ3v) is 5.45. The van der Waals surface area contributed by atoms with Gasteiger partial charge in [0.25, 0.3) is 0 Å². The van der Waals surface area contributed by atoms with Gasteiger partial charge in [-0.25, -0.2) is 0 Å². The van der Waals surface area contributed by atoms with Crippen LogP contribution in [0.3, 0.4) is 0 Å². The Morgan fingerprint density at radius 2 is 1.92 bits per heavy atom. The summed E-state index contributed by atoms with van der Waals surface area (Å²) in [5, 5.41) is 1.83. The van der Waals surface area contributed by atoms with Crippen LogP contribution in [0.25, 0.3) is 10.8 Å². The number of carbonyl (C=O) groups is 1. The second kappa shape index (κ2) is 8.34. The Bertz CT molecular complexity index is 804. The first-order valence-corrected chi connectivity index (χ1v) is 10.8. The molecule has 1 fully saturated rings. The Morgan fingerprint density at radius 1 is 1.23 bits per heavy atom. The Morgan fingerprint density at radius 3 is 2.58 bits per heavy atom. The molecule has 2 atom stereocenters. The summed E-state index contributed by atoms with van der Waals surface area (Å²) in [7, 11) is -2.43. The van der Waals surface area contributed by atoms with Crippen LogP contribution in [0, 0.1) is 11.8 Å². The topological polar surface area (TPSA) is 55.8 Å². The van der Waals surface area contributed by atoms with Crippen molar-refractivity contribution in [3.05, 3.63) is 42.5 Å². The molecule has 0 aliphatic heterocycles. The van der Waals surface area contributed by atoms with E-state index in [-0.39, 0.29) is 5.92 Å². The molecule has 2 aromatic carbocycles. The molecule has 1 aliphatic rings. The second-order valence-electron chi connectivity index (χ2n) is 6.86. The fraction of sp³-hybridized carbons (Fsp3) is 0.421. The van der Waals surface area contributed by atoms with Gasteiger partial charge in [0.15, 0.2) is 11.8 Å². The highest BCUT2D eigenvalue weighted by atomic mass is 35.7. The zero-order valence-corrected chi connectivity index (χ0v) is 16.5. The van der Waals surface area contributed by atoms with Gasteiger partial charge in [0.05, 0.1) is 6.61 Å². The first-order chi connectivity index (χ1) is 12.5. The number of ether oxygens (including phenoxy) is 1.